The second-order valence-electron chi connectivity index (χ2n) is 3.47. The second kappa shape index (κ2) is 8.01. The van der Waals surface area contributed by atoms with Crippen molar-refractivity contribution in [3.05, 3.63) is 40.1 Å². The quantitative estimate of drug-likeness (QED) is 0.503. The highest BCUT2D eigenvalue weighted by molar-refractivity contribution is 7.48. The molecule has 0 radical (unpaired) electrons. The molecule has 0 bridgehead atoms. The van der Waals surface area contributed by atoms with E-state index in [9.17, 15) is 8.96 Å². The van der Waals surface area contributed by atoms with Crippen molar-refractivity contribution in [3.8, 4) is 0 Å². The average molecular weight is 343 g/mol. The van der Waals surface area contributed by atoms with Crippen LogP contribution in [-0.2, 0) is 18.1 Å². The molecule has 1 aromatic rings. The van der Waals surface area contributed by atoms with Crippen molar-refractivity contribution in [1.82, 2.24) is 0 Å². The summed E-state index contributed by atoms with van der Waals surface area (Å²) in [5.74, 6) is -0.824. The first kappa shape index (κ1) is 17.5. The van der Waals surface area contributed by atoms with Gasteiger partial charge in [-0.15, -0.1) is 0 Å². The van der Waals surface area contributed by atoms with Crippen LogP contribution < -0.4 is 0 Å². The monoisotopic (exact) mass is 342 g/mol. The van der Waals surface area contributed by atoms with Crippen LogP contribution in [0, 0.1) is 5.82 Å². The van der Waals surface area contributed by atoms with E-state index in [1.807, 2.05) is 0 Å². The first-order valence-corrected chi connectivity index (χ1v) is 8.07. The maximum absolute atomic E-state index is 13.8. The smallest absolute Gasteiger partial charge is 0.402 e. The van der Waals surface area contributed by atoms with E-state index in [4.69, 9.17) is 36.8 Å². The first-order valence-electron chi connectivity index (χ1n) is 5.80. The Kier molecular flexibility index (Phi) is 7.00. The third-order valence-electron chi connectivity index (χ3n) is 2.08. The van der Waals surface area contributed by atoms with Crippen molar-refractivity contribution in [1.29, 1.82) is 0 Å². The van der Waals surface area contributed by atoms with Gasteiger partial charge in [0.1, 0.15) is 5.82 Å². The van der Waals surface area contributed by atoms with Gasteiger partial charge in [0.25, 0.3) is 0 Å². The van der Waals surface area contributed by atoms with E-state index in [1.165, 1.54) is 12.1 Å². The summed E-state index contributed by atoms with van der Waals surface area (Å²) in [5.41, 5.74) is 0.959. The highest BCUT2D eigenvalue weighted by Gasteiger charge is 2.29. The third-order valence-corrected chi connectivity index (χ3v) is 4.08. The molecule has 20 heavy (non-hydrogen) atoms. The van der Waals surface area contributed by atoms with Crippen molar-refractivity contribution in [2.24, 2.45) is 0 Å². The molecule has 4 nitrogen and oxygen atoms in total. The zero-order valence-corrected chi connectivity index (χ0v) is 13.3. The largest absolute Gasteiger partial charge is 0.530 e. The summed E-state index contributed by atoms with van der Waals surface area (Å²) < 4.78 is 41.1. The van der Waals surface area contributed by atoms with Crippen LogP contribution in [-0.4, -0.2) is 13.2 Å². The van der Waals surface area contributed by atoms with E-state index in [2.05, 4.69) is 0 Å². The molecule has 0 spiro atoms. The Morgan fingerprint density at radius 3 is 2.40 bits per heavy atom. The summed E-state index contributed by atoms with van der Waals surface area (Å²) in [4.78, 5) is 0. The van der Waals surface area contributed by atoms with Crippen molar-refractivity contribution in [2.45, 2.75) is 13.8 Å². The van der Waals surface area contributed by atoms with Gasteiger partial charge < -0.3 is 4.52 Å². The lowest BCUT2D eigenvalue weighted by atomic mass is 10.2. The van der Waals surface area contributed by atoms with Crippen molar-refractivity contribution >= 4 is 36.8 Å². The van der Waals surface area contributed by atoms with Gasteiger partial charge in [-0.05, 0) is 32.0 Å². The van der Waals surface area contributed by atoms with Gasteiger partial charge in [0.2, 0.25) is 0 Å². The Hall–Kier alpha value is -0.580. The Morgan fingerprint density at radius 1 is 1.35 bits per heavy atom. The number of benzene rings is 1. The summed E-state index contributed by atoms with van der Waals surface area (Å²) in [5, 5.41) is 0.220. The van der Waals surface area contributed by atoms with E-state index < -0.39 is 13.6 Å². The van der Waals surface area contributed by atoms with Crippen LogP contribution in [0.5, 0.6) is 0 Å². The summed E-state index contributed by atoms with van der Waals surface area (Å²) in [6.45, 7) is 3.47. The topological polar surface area (TPSA) is 44.8 Å². The van der Waals surface area contributed by atoms with Gasteiger partial charge >= 0.3 is 7.82 Å². The number of hydrogen-bond donors (Lipinski definition) is 0. The zero-order chi connectivity index (χ0) is 15.2. The van der Waals surface area contributed by atoms with Crippen LogP contribution in [0.1, 0.15) is 19.4 Å². The fourth-order valence-electron chi connectivity index (χ4n) is 1.34. The molecule has 1 aromatic carbocycles. The molecule has 8 heteroatoms. The molecule has 112 valence electrons. The van der Waals surface area contributed by atoms with Gasteiger partial charge in [0.15, 0.2) is 5.76 Å². The number of phosphoric ester groups is 1. The molecule has 0 fully saturated rings. The first-order chi connectivity index (χ1) is 9.45. The fraction of sp³-hybridized carbons (Fsp3) is 0.333. The molecule has 0 N–H and O–H groups in total. The Balaban J connectivity index is 3.05. The Morgan fingerprint density at radius 2 is 1.95 bits per heavy atom. The van der Waals surface area contributed by atoms with Crippen molar-refractivity contribution < 1.29 is 22.5 Å². The number of phosphoric acid groups is 1. The van der Waals surface area contributed by atoms with E-state index in [-0.39, 0.29) is 29.6 Å². The molecule has 0 unspecified atom stereocenters. The number of rotatable bonds is 7. The van der Waals surface area contributed by atoms with Gasteiger partial charge in [-0.2, -0.15) is 0 Å². The van der Waals surface area contributed by atoms with Crippen LogP contribution >= 0.6 is 31.0 Å². The Labute approximate surface area is 127 Å². The highest BCUT2D eigenvalue weighted by Crippen LogP contribution is 2.53. The van der Waals surface area contributed by atoms with Gasteiger partial charge in [-0.3, -0.25) is 9.05 Å². The summed E-state index contributed by atoms with van der Waals surface area (Å²) in [6, 6.07) is 3.90. The van der Waals surface area contributed by atoms with Crippen LogP contribution in [0.2, 0.25) is 5.02 Å². The van der Waals surface area contributed by atoms with Crippen molar-refractivity contribution in [3.63, 3.8) is 0 Å². The van der Waals surface area contributed by atoms with Gasteiger partial charge in [0.05, 0.1) is 18.8 Å². The van der Waals surface area contributed by atoms with E-state index in [0.29, 0.717) is 0 Å². The van der Waals surface area contributed by atoms with Crippen LogP contribution in [0.15, 0.2) is 23.7 Å². The van der Waals surface area contributed by atoms with E-state index in [1.54, 1.807) is 13.8 Å². The van der Waals surface area contributed by atoms with Crippen LogP contribution in [0.25, 0.3) is 5.76 Å². The average Bonchev–Trinajstić information content (AvgIpc) is 2.37. The molecule has 0 atom stereocenters. The molecule has 0 saturated heterocycles. The Bertz CT molecular complexity index is 526. The maximum atomic E-state index is 13.8. The van der Waals surface area contributed by atoms with Crippen molar-refractivity contribution in [2.75, 3.05) is 13.2 Å². The summed E-state index contributed by atoms with van der Waals surface area (Å²) >= 11 is 11.3. The second-order valence-corrected chi connectivity index (χ2v) is 5.72. The predicted octanol–water partition coefficient (Wildman–Crippen LogP) is 5.21. The summed E-state index contributed by atoms with van der Waals surface area (Å²) in [7, 11) is -3.84. The lowest BCUT2D eigenvalue weighted by Gasteiger charge is -2.19. The molecule has 0 heterocycles. The summed E-state index contributed by atoms with van der Waals surface area (Å²) in [6.07, 6.45) is 0. The molecule has 0 saturated carbocycles. The minimum absolute atomic E-state index is 0.00373. The van der Waals surface area contributed by atoms with Gasteiger partial charge in [-0.1, -0.05) is 23.2 Å². The number of hydrogen-bond acceptors (Lipinski definition) is 4. The molecule has 0 aliphatic carbocycles. The fourth-order valence-corrected chi connectivity index (χ4v) is 2.93. The highest BCUT2D eigenvalue weighted by atomic mass is 35.5. The normalized spacial score (nSPS) is 12.6. The molecule has 1 rings (SSSR count). The standard InChI is InChI=1S/C12H14Cl2FO4P/c1-3-17-20(16,18-4-2)19-12(8-13)10-6-5-9(14)7-11(10)15/h5-8H,3-4H2,1-2H3/b12-8-. The predicted molar refractivity (Wildman–Crippen MR) is 77.2 cm³/mol. The molecular weight excluding hydrogens is 329 g/mol. The SMILES string of the molecule is CCOP(=O)(OCC)O/C(=C\Cl)c1ccc(Cl)cc1F. The molecule has 0 aromatic heterocycles. The minimum atomic E-state index is -3.84. The molecule has 0 aliphatic rings. The van der Waals surface area contributed by atoms with E-state index >= 15 is 0 Å². The third kappa shape index (κ3) is 4.76. The van der Waals surface area contributed by atoms with Crippen LogP contribution in [0.4, 0.5) is 4.39 Å². The van der Waals surface area contributed by atoms with Gasteiger partial charge in [0, 0.05) is 10.6 Å². The lowest BCUT2D eigenvalue weighted by Crippen LogP contribution is -2.01. The molecule has 0 amide bonds. The van der Waals surface area contributed by atoms with Crippen LogP contribution in [0.3, 0.4) is 0 Å². The van der Waals surface area contributed by atoms with E-state index in [0.717, 1.165) is 11.6 Å². The molecular formula is C12H14Cl2FO4P. The maximum Gasteiger partial charge on any atom is 0.530 e. The lowest BCUT2D eigenvalue weighted by molar-refractivity contribution is 0.159. The van der Waals surface area contributed by atoms with Gasteiger partial charge in [-0.25, -0.2) is 8.96 Å². The molecule has 0 aliphatic heterocycles. The number of halogens is 3. The minimum Gasteiger partial charge on any atom is -0.402 e. The zero-order valence-electron chi connectivity index (χ0n) is 10.9.